The topological polar surface area (TPSA) is 98.9 Å². The SMILES string of the molecule is C[C@H](CCC(=O)N[C@@H]1CN[C@H](C(=O)NCCc2cnc[nH]2)C1)[C@H]1CCC2C3CCC4CCCC[C@]4(C)C3CC[C@@]21C. The maximum absolute atomic E-state index is 13.0. The Labute approximate surface area is 247 Å². The first-order valence-corrected chi connectivity index (χ1v) is 17.1. The van der Waals surface area contributed by atoms with Crippen molar-refractivity contribution in [1.29, 1.82) is 0 Å². The zero-order valence-electron chi connectivity index (χ0n) is 25.9. The van der Waals surface area contributed by atoms with Gasteiger partial charge >= 0.3 is 0 Å². The molecule has 5 aliphatic rings. The number of aromatic nitrogens is 2. The predicted molar refractivity (Wildman–Crippen MR) is 162 cm³/mol. The number of carbonyl (C=O) groups is 2. The molecular weight excluding hydrogens is 510 g/mol. The van der Waals surface area contributed by atoms with Crippen LogP contribution in [0.5, 0.6) is 0 Å². The van der Waals surface area contributed by atoms with Crippen LogP contribution >= 0.6 is 0 Å². The standard InChI is InChI=1S/C34H55N5O2/c1-22(7-12-31(40)39-25-18-30(37-20-25)32(41)36-17-14-24-19-35-21-38-24)27-10-11-28-26-9-8-23-6-4-5-15-33(23,2)29(26)13-16-34(27,28)3/h19,21-23,25-30,37H,4-18,20H2,1-3H3,(H,35,38)(H,36,41)(H,39,40)/t22-,23?,25+,26?,27-,28?,29?,30+,33+,34-/m1/s1. The maximum atomic E-state index is 13.0. The van der Waals surface area contributed by atoms with Gasteiger partial charge in [-0.25, -0.2) is 4.98 Å². The van der Waals surface area contributed by atoms with Crippen molar-refractivity contribution in [3.05, 3.63) is 18.2 Å². The van der Waals surface area contributed by atoms with Crippen LogP contribution in [0.1, 0.15) is 110 Å². The highest BCUT2D eigenvalue weighted by molar-refractivity contribution is 5.82. The van der Waals surface area contributed by atoms with Gasteiger partial charge in [-0.3, -0.25) is 9.59 Å². The Bertz CT molecular complexity index is 1060. The van der Waals surface area contributed by atoms with Crippen LogP contribution < -0.4 is 16.0 Å². The lowest BCUT2D eigenvalue weighted by Crippen LogP contribution is -2.53. The van der Waals surface area contributed by atoms with E-state index in [1.165, 1.54) is 64.2 Å². The fourth-order valence-electron chi connectivity index (χ4n) is 11.0. The number of nitrogens with one attached hydrogen (secondary N) is 4. The zero-order chi connectivity index (χ0) is 28.6. The Morgan fingerprint density at radius 3 is 2.73 bits per heavy atom. The second-order valence-electron chi connectivity index (χ2n) is 15.2. The average Bonchev–Trinajstić information content (AvgIpc) is 3.71. The molecule has 1 aromatic heterocycles. The molecule has 0 spiro atoms. The van der Waals surface area contributed by atoms with Crippen molar-refractivity contribution in [2.45, 2.75) is 123 Å². The van der Waals surface area contributed by atoms with E-state index in [2.05, 4.69) is 46.7 Å². The molecule has 2 amide bonds. The lowest BCUT2D eigenvalue weighted by atomic mass is 9.44. The minimum absolute atomic E-state index is 0.0135. The van der Waals surface area contributed by atoms with Gasteiger partial charge in [-0.1, -0.05) is 33.6 Å². The normalized spacial score (nSPS) is 40.7. The number of imidazole rings is 1. The molecule has 6 rings (SSSR count). The summed E-state index contributed by atoms with van der Waals surface area (Å²) in [5.74, 6) is 5.29. The van der Waals surface area contributed by atoms with E-state index in [0.29, 0.717) is 42.7 Å². The van der Waals surface area contributed by atoms with Crippen molar-refractivity contribution in [2.24, 2.45) is 46.3 Å². The van der Waals surface area contributed by atoms with Crippen LogP contribution in [0.15, 0.2) is 12.5 Å². The van der Waals surface area contributed by atoms with E-state index in [4.69, 9.17) is 0 Å². The molecule has 1 aromatic rings. The number of amides is 2. The van der Waals surface area contributed by atoms with Crippen molar-refractivity contribution < 1.29 is 9.59 Å². The molecule has 1 saturated heterocycles. The van der Waals surface area contributed by atoms with Gasteiger partial charge in [0.05, 0.1) is 12.4 Å². The summed E-state index contributed by atoms with van der Waals surface area (Å²) >= 11 is 0. The van der Waals surface area contributed by atoms with Crippen LogP contribution in [0.4, 0.5) is 0 Å². The molecule has 0 aromatic carbocycles. The first-order valence-electron chi connectivity index (χ1n) is 17.1. The number of fused-ring (bicyclic) bond motifs is 5. The molecule has 0 radical (unpaired) electrons. The van der Waals surface area contributed by atoms with Crippen LogP contribution in [0.2, 0.25) is 0 Å². The fraction of sp³-hybridized carbons (Fsp3) is 0.853. The van der Waals surface area contributed by atoms with Crippen LogP contribution in [-0.4, -0.2) is 47.0 Å². The van der Waals surface area contributed by atoms with Gasteiger partial charge in [-0.2, -0.15) is 0 Å². The highest BCUT2D eigenvalue weighted by atomic mass is 16.2. The molecule has 4 saturated carbocycles. The molecule has 10 atom stereocenters. The maximum Gasteiger partial charge on any atom is 0.237 e. The summed E-state index contributed by atoms with van der Waals surface area (Å²) in [5.41, 5.74) is 2.08. The smallest absolute Gasteiger partial charge is 0.237 e. The third-order valence-corrected chi connectivity index (χ3v) is 13.2. The summed E-state index contributed by atoms with van der Waals surface area (Å²) in [6, 6.07) is -0.210. The van der Waals surface area contributed by atoms with Gasteiger partial charge in [0.1, 0.15) is 0 Å². The van der Waals surface area contributed by atoms with E-state index in [0.717, 1.165) is 48.1 Å². The molecule has 0 bridgehead atoms. The number of hydrogen-bond acceptors (Lipinski definition) is 4. The quantitative estimate of drug-likeness (QED) is 0.323. The molecule has 5 fully saturated rings. The van der Waals surface area contributed by atoms with Crippen molar-refractivity contribution in [2.75, 3.05) is 13.1 Å². The van der Waals surface area contributed by atoms with Gasteiger partial charge in [0, 0.05) is 43.9 Å². The van der Waals surface area contributed by atoms with Gasteiger partial charge in [0.2, 0.25) is 11.8 Å². The second-order valence-corrected chi connectivity index (χ2v) is 15.2. The van der Waals surface area contributed by atoms with Crippen LogP contribution in [0.3, 0.4) is 0 Å². The van der Waals surface area contributed by atoms with E-state index in [1.807, 2.05) is 0 Å². The van der Waals surface area contributed by atoms with Crippen molar-refractivity contribution >= 4 is 11.8 Å². The van der Waals surface area contributed by atoms with E-state index in [9.17, 15) is 9.59 Å². The molecular formula is C34H55N5O2. The Hall–Kier alpha value is -1.89. The summed E-state index contributed by atoms with van der Waals surface area (Å²) in [7, 11) is 0. The molecule has 41 heavy (non-hydrogen) atoms. The zero-order valence-corrected chi connectivity index (χ0v) is 25.9. The minimum atomic E-state index is -0.238. The molecule has 228 valence electrons. The number of rotatable bonds is 9. The number of hydrogen-bond donors (Lipinski definition) is 4. The number of aromatic amines is 1. The molecule has 1 aliphatic heterocycles. The van der Waals surface area contributed by atoms with Crippen LogP contribution in [0.25, 0.3) is 0 Å². The van der Waals surface area contributed by atoms with E-state index in [-0.39, 0.29) is 23.9 Å². The Morgan fingerprint density at radius 1 is 1.05 bits per heavy atom. The van der Waals surface area contributed by atoms with E-state index in [1.54, 1.807) is 12.5 Å². The first kappa shape index (κ1) is 29.2. The first-order chi connectivity index (χ1) is 19.8. The molecule has 4 unspecified atom stereocenters. The predicted octanol–water partition coefficient (Wildman–Crippen LogP) is 5.38. The Kier molecular flexibility index (Phi) is 8.55. The highest BCUT2D eigenvalue weighted by Gasteiger charge is 2.60. The van der Waals surface area contributed by atoms with Gasteiger partial charge < -0.3 is 20.9 Å². The molecule has 4 aliphatic carbocycles. The summed E-state index contributed by atoms with van der Waals surface area (Å²) in [6.07, 6.45) is 20.9. The van der Waals surface area contributed by atoms with Gasteiger partial charge in [-0.15, -0.1) is 0 Å². The number of carbonyl (C=O) groups excluding carboxylic acids is 2. The minimum Gasteiger partial charge on any atom is -0.354 e. The second kappa shape index (κ2) is 12.0. The van der Waals surface area contributed by atoms with Crippen molar-refractivity contribution in [1.82, 2.24) is 25.9 Å². The summed E-state index contributed by atoms with van der Waals surface area (Å²) < 4.78 is 0. The lowest BCUT2D eigenvalue weighted by molar-refractivity contribution is -0.124. The summed E-state index contributed by atoms with van der Waals surface area (Å²) in [4.78, 5) is 32.6. The van der Waals surface area contributed by atoms with Gasteiger partial charge in [0.15, 0.2) is 0 Å². The van der Waals surface area contributed by atoms with Crippen LogP contribution in [-0.2, 0) is 16.0 Å². The largest absolute Gasteiger partial charge is 0.354 e. The Morgan fingerprint density at radius 2 is 1.90 bits per heavy atom. The number of H-pyrrole nitrogens is 1. The molecule has 7 nitrogen and oxygen atoms in total. The molecule has 2 heterocycles. The Balaban J connectivity index is 0.950. The highest BCUT2D eigenvalue weighted by Crippen LogP contribution is 2.68. The fourth-order valence-corrected chi connectivity index (χ4v) is 11.0. The van der Waals surface area contributed by atoms with Crippen molar-refractivity contribution in [3.63, 3.8) is 0 Å². The third-order valence-electron chi connectivity index (χ3n) is 13.2. The number of nitrogens with zero attached hydrogens (tertiary/aromatic N) is 1. The lowest BCUT2D eigenvalue weighted by Gasteiger charge is -2.61. The molecule has 7 heteroatoms. The van der Waals surface area contributed by atoms with Crippen LogP contribution in [0, 0.1) is 46.3 Å². The summed E-state index contributed by atoms with van der Waals surface area (Å²) in [5, 5.41) is 9.53. The third kappa shape index (κ3) is 5.73. The van der Waals surface area contributed by atoms with E-state index < -0.39 is 0 Å². The van der Waals surface area contributed by atoms with Gasteiger partial charge in [0.25, 0.3) is 0 Å². The average molecular weight is 566 g/mol. The monoisotopic (exact) mass is 565 g/mol. The van der Waals surface area contributed by atoms with Gasteiger partial charge in [-0.05, 0) is 111 Å². The summed E-state index contributed by atoms with van der Waals surface area (Å²) in [6.45, 7) is 8.99. The molecule has 4 N–H and O–H groups in total. The van der Waals surface area contributed by atoms with E-state index >= 15 is 0 Å². The van der Waals surface area contributed by atoms with Crippen molar-refractivity contribution in [3.8, 4) is 0 Å².